The SMILES string of the molecule is O=c1c2ccccc2sc2ccc3nc(N4CCN(CCO)CC4)cn3c12. The minimum atomic E-state index is 0.0571. The molecule has 138 valence electrons. The predicted octanol–water partition coefficient (Wildman–Crippen LogP) is 2.18. The minimum absolute atomic E-state index is 0.0571. The maximum atomic E-state index is 13.1. The van der Waals surface area contributed by atoms with Crippen molar-refractivity contribution in [2.45, 2.75) is 0 Å². The summed E-state index contributed by atoms with van der Waals surface area (Å²) in [7, 11) is 0. The van der Waals surface area contributed by atoms with Crippen molar-refractivity contribution < 1.29 is 5.11 Å². The van der Waals surface area contributed by atoms with Crippen LogP contribution in [0, 0.1) is 0 Å². The lowest BCUT2D eigenvalue weighted by molar-refractivity contribution is 0.188. The standard InChI is InChI=1S/C20H20N4O2S/c25-12-11-22-7-9-23(10-8-22)18-13-24-17(21-18)6-5-16-19(24)20(26)14-3-1-2-4-15(14)27-16/h1-6,13,25H,7-12H2. The van der Waals surface area contributed by atoms with Gasteiger partial charge in [0.15, 0.2) is 0 Å². The molecule has 1 aliphatic heterocycles. The first-order valence-corrected chi connectivity index (χ1v) is 9.98. The van der Waals surface area contributed by atoms with Crippen molar-refractivity contribution in [2.24, 2.45) is 0 Å². The Morgan fingerprint density at radius 2 is 1.85 bits per heavy atom. The van der Waals surface area contributed by atoms with Crippen molar-refractivity contribution in [3.63, 3.8) is 0 Å². The van der Waals surface area contributed by atoms with Crippen LogP contribution in [-0.2, 0) is 0 Å². The highest BCUT2D eigenvalue weighted by Gasteiger charge is 2.19. The molecule has 5 rings (SSSR count). The van der Waals surface area contributed by atoms with Gasteiger partial charge in [-0.3, -0.25) is 14.1 Å². The number of hydrogen-bond donors (Lipinski definition) is 1. The van der Waals surface area contributed by atoms with Gasteiger partial charge in [0.25, 0.3) is 0 Å². The number of pyridine rings is 1. The van der Waals surface area contributed by atoms with Gasteiger partial charge < -0.3 is 10.0 Å². The van der Waals surface area contributed by atoms with Crippen molar-refractivity contribution >= 4 is 43.1 Å². The average molecular weight is 380 g/mol. The quantitative estimate of drug-likeness (QED) is 0.552. The van der Waals surface area contributed by atoms with Crippen LogP contribution < -0.4 is 10.3 Å². The van der Waals surface area contributed by atoms with E-state index >= 15 is 0 Å². The van der Waals surface area contributed by atoms with Gasteiger partial charge in [0.2, 0.25) is 5.43 Å². The Bertz CT molecular complexity index is 1190. The molecule has 4 heterocycles. The van der Waals surface area contributed by atoms with E-state index < -0.39 is 0 Å². The van der Waals surface area contributed by atoms with Crippen LogP contribution in [0.4, 0.5) is 5.82 Å². The number of aliphatic hydroxyl groups is 1. The molecule has 1 fully saturated rings. The van der Waals surface area contributed by atoms with Crippen molar-refractivity contribution in [3.05, 3.63) is 52.8 Å². The third kappa shape index (κ3) is 2.79. The lowest BCUT2D eigenvalue weighted by Gasteiger charge is -2.34. The maximum absolute atomic E-state index is 13.1. The molecular formula is C20H20N4O2S. The molecule has 4 aromatic rings. The van der Waals surface area contributed by atoms with E-state index in [2.05, 4.69) is 9.80 Å². The first kappa shape index (κ1) is 16.7. The fraction of sp³-hybridized carbons (Fsp3) is 0.300. The summed E-state index contributed by atoms with van der Waals surface area (Å²) < 4.78 is 3.92. The van der Waals surface area contributed by atoms with Gasteiger partial charge in [-0.2, -0.15) is 0 Å². The van der Waals surface area contributed by atoms with Crippen LogP contribution >= 0.6 is 11.3 Å². The second-order valence-corrected chi connectivity index (χ2v) is 7.94. The predicted molar refractivity (Wildman–Crippen MR) is 110 cm³/mol. The van der Waals surface area contributed by atoms with Gasteiger partial charge >= 0.3 is 0 Å². The summed E-state index contributed by atoms with van der Waals surface area (Å²) in [5.74, 6) is 0.906. The zero-order valence-corrected chi connectivity index (χ0v) is 15.7. The van der Waals surface area contributed by atoms with Crippen LogP contribution in [0.25, 0.3) is 25.9 Å². The Morgan fingerprint density at radius 3 is 2.67 bits per heavy atom. The van der Waals surface area contributed by atoms with E-state index in [9.17, 15) is 4.79 Å². The van der Waals surface area contributed by atoms with Crippen LogP contribution in [0.3, 0.4) is 0 Å². The number of rotatable bonds is 3. The van der Waals surface area contributed by atoms with Gasteiger partial charge in [0, 0.05) is 42.8 Å². The second kappa shape index (κ2) is 6.60. The van der Waals surface area contributed by atoms with Gasteiger partial charge in [-0.05, 0) is 24.3 Å². The highest BCUT2D eigenvalue weighted by molar-refractivity contribution is 7.24. The molecule has 7 heteroatoms. The summed E-state index contributed by atoms with van der Waals surface area (Å²) in [5.41, 5.74) is 1.56. The van der Waals surface area contributed by atoms with Crippen molar-refractivity contribution in [1.29, 1.82) is 0 Å². The second-order valence-electron chi connectivity index (χ2n) is 6.85. The molecule has 3 aromatic heterocycles. The number of aromatic nitrogens is 2. The Morgan fingerprint density at radius 1 is 1.04 bits per heavy atom. The maximum Gasteiger partial charge on any atom is 0.212 e. The number of β-amino-alcohol motifs (C(OH)–C–C–N with tert-alkyl or cyclic N) is 1. The average Bonchev–Trinajstić information content (AvgIpc) is 3.13. The lowest BCUT2D eigenvalue weighted by Crippen LogP contribution is -2.47. The Kier molecular flexibility index (Phi) is 4.07. The number of anilines is 1. The van der Waals surface area contributed by atoms with E-state index in [4.69, 9.17) is 10.1 Å². The summed E-state index contributed by atoms with van der Waals surface area (Å²) in [4.78, 5) is 22.4. The van der Waals surface area contributed by atoms with Crippen molar-refractivity contribution in [1.82, 2.24) is 14.3 Å². The molecule has 1 saturated heterocycles. The molecule has 1 N–H and O–H groups in total. The van der Waals surface area contributed by atoms with Gasteiger partial charge in [-0.15, -0.1) is 11.3 Å². The molecule has 27 heavy (non-hydrogen) atoms. The summed E-state index contributed by atoms with van der Waals surface area (Å²) >= 11 is 1.64. The summed E-state index contributed by atoms with van der Waals surface area (Å²) in [6.07, 6.45) is 1.99. The summed E-state index contributed by atoms with van der Waals surface area (Å²) in [5, 5.41) is 9.86. The minimum Gasteiger partial charge on any atom is -0.395 e. The molecule has 0 spiro atoms. The highest BCUT2D eigenvalue weighted by atomic mass is 32.1. The zero-order valence-electron chi connectivity index (χ0n) is 14.8. The largest absolute Gasteiger partial charge is 0.395 e. The normalized spacial score (nSPS) is 16.0. The smallest absolute Gasteiger partial charge is 0.212 e. The van der Waals surface area contributed by atoms with E-state index in [0.717, 1.165) is 59.0 Å². The van der Waals surface area contributed by atoms with E-state index in [1.807, 2.05) is 47.0 Å². The van der Waals surface area contributed by atoms with Crippen LogP contribution in [-0.4, -0.2) is 58.7 Å². The van der Waals surface area contributed by atoms with E-state index in [1.54, 1.807) is 11.3 Å². The molecule has 6 nitrogen and oxygen atoms in total. The molecule has 0 atom stereocenters. The highest BCUT2D eigenvalue weighted by Crippen LogP contribution is 2.27. The summed E-state index contributed by atoms with van der Waals surface area (Å²) in [6.45, 7) is 4.48. The van der Waals surface area contributed by atoms with Crippen LogP contribution in [0.1, 0.15) is 0 Å². The Hall–Kier alpha value is -2.48. The number of piperazine rings is 1. The van der Waals surface area contributed by atoms with Gasteiger partial charge in [0.05, 0.1) is 17.5 Å². The molecular weight excluding hydrogens is 360 g/mol. The van der Waals surface area contributed by atoms with Crippen LogP contribution in [0.2, 0.25) is 0 Å². The fourth-order valence-electron chi connectivity index (χ4n) is 3.81. The number of fused-ring (bicyclic) bond motifs is 4. The van der Waals surface area contributed by atoms with E-state index in [-0.39, 0.29) is 12.0 Å². The van der Waals surface area contributed by atoms with E-state index in [1.165, 1.54) is 0 Å². The number of hydrogen-bond acceptors (Lipinski definition) is 6. The van der Waals surface area contributed by atoms with Crippen LogP contribution in [0.5, 0.6) is 0 Å². The Balaban J connectivity index is 1.60. The molecule has 0 saturated carbocycles. The first-order valence-electron chi connectivity index (χ1n) is 9.16. The fourth-order valence-corrected chi connectivity index (χ4v) is 4.89. The van der Waals surface area contributed by atoms with Crippen LogP contribution in [0.15, 0.2) is 47.4 Å². The molecule has 0 unspecified atom stereocenters. The molecule has 1 aromatic carbocycles. The first-order chi connectivity index (χ1) is 13.2. The van der Waals surface area contributed by atoms with Gasteiger partial charge in [0.1, 0.15) is 17.0 Å². The van der Waals surface area contributed by atoms with Crippen molar-refractivity contribution in [2.75, 3.05) is 44.2 Å². The molecule has 0 aliphatic carbocycles. The zero-order chi connectivity index (χ0) is 18.4. The summed E-state index contributed by atoms with van der Waals surface area (Å²) in [6, 6.07) is 11.8. The van der Waals surface area contributed by atoms with E-state index in [0.29, 0.717) is 5.52 Å². The Labute approximate surface area is 159 Å². The number of aliphatic hydroxyl groups excluding tert-OH is 1. The molecule has 0 amide bonds. The van der Waals surface area contributed by atoms with Gasteiger partial charge in [-0.1, -0.05) is 12.1 Å². The molecule has 1 aliphatic rings. The molecule has 0 radical (unpaired) electrons. The lowest BCUT2D eigenvalue weighted by atomic mass is 10.2. The monoisotopic (exact) mass is 380 g/mol. The third-order valence-electron chi connectivity index (χ3n) is 5.26. The van der Waals surface area contributed by atoms with Crippen molar-refractivity contribution in [3.8, 4) is 0 Å². The third-order valence-corrected chi connectivity index (χ3v) is 6.38. The van der Waals surface area contributed by atoms with Gasteiger partial charge in [-0.25, -0.2) is 4.98 Å². The number of imidazole rings is 1. The number of benzene rings is 1. The molecule has 0 bridgehead atoms. The number of nitrogens with zero attached hydrogens (tertiary/aromatic N) is 4. The topological polar surface area (TPSA) is 61.1 Å².